The number of ether oxygens (including phenoxy) is 1. The fourth-order valence-corrected chi connectivity index (χ4v) is 7.66. The Bertz CT molecular complexity index is 1210. The Morgan fingerprint density at radius 1 is 1.14 bits per heavy atom. The number of nitrogens with zero attached hydrogens (tertiary/aromatic N) is 1. The molecule has 1 heterocycles. The molecule has 2 aromatic rings. The van der Waals surface area contributed by atoms with Gasteiger partial charge in [-0.3, -0.25) is 0 Å². The number of sulfonamides is 1. The van der Waals surface area contributed by atoms with Gasteiger partial charge in [0.05, 0.1) is 0 Å². The first-order valence-corrected chi connectivity index (χ1v) is 17.8. The minimum atomic E-state index is -3.86. The average Bonchev–Trinajstić information content (AvgIpc) is 2.72. The van der Waals surface area contributed by atoms with Gasteiger partial charge in [0.2, 0.25) is 5.90 Å². The molecule has 0 amide bonds. The summed E-state index contributed by atoms with van der Waals surface area (Å²) >= 11 is 9.98. The lowest BCUT2D eigenvalue weighted by Gasteiger charge is -2.38. The third kappa shape index (κ3) is 6.81. The predicted molar refractivity (Wildman–Crippen MR) is 155 cm³/mol. The van der Waals surface area contributed by atoms with Gasteiger partial charge in [0.15, 0.2) is 8.32 Å². The SMILES string of the molecule is CC1(C)OC(C[C@@H](CCO[Si](C)(C)C(C)(C)C)c2ccccc2Cl)=NS(=O)(=O)C1c1ccc(Br)cc1. The molecule has 3 rings (SSSR count). The van der Waals surface area contributed by atoms with Gasteiger partial charge in [-0.15, -0.1) is 4.40 Å². The molecule has 0 radical (unpaired) electrons. The van der Waals surface area contributed by atoms with Gasteiger partial charge in [0, 0.05) is 22.5 Å². The molecule has 0 fully saturated rings. The van der Waals surface area contributed by atoms with Crippen LogP contribution in [0.15, 0.2) is 57.4 Å². The van der Waals surface area contributed by atoms with Gasteiger partial charge in [0.25, 0.3) is 10.0 Å². The summed E-state index contributed by atoms with van der Waals surface area (Å²) in [4.78, 5) is 0. The monoisotopic (exact) mass is 613 g/mol. The number of hydrogen-bond acceptors (Lipinski definition) is 4. The molecule has 5 nitrogen and oxygen atoms in total. The normalized spacial score (nSPS) is 20.4. The van der Waals surface area contributed by atoms with Crippen LogP contribution >= 0.6 is 27.5 Å². The standard InChI is InChI=1S/C27H37BrClNO4SSi/c1-26(2,3)36(6,7)33-17-16-20(22-10-8-9-11-23(22)29)18-24-30-35(31,32)25(27(4,5)34-24)19-12-14-21(28)15-13-19/h8-15,20,25H,16-18H2,1-7H3/t20-,25?/m1/s1. The number of rotatable bonds is 8. The molecule has 0 aromatic heterocycles. The maximum absolute atomic E-state index is 13.4. The van der Waals surface area contributed by atoms with E-state index in [1.54, 1.807) is 26.0 Å². The van der Waals surface area contributed by atoms with Gasteiger partial charge < -0.3 is 9.16 Å². The molecule has 2 aromatic carbocycles. The number of hydrogen-bond donors (Lipinski definition) is 0. The first kappa shape index (κ1) is 29.4. The van der Waals surface area contributed by atoms with Crippen molar-refractivity contribution in [2.75, 3.05) is 6.61 Å². The first-order valence-electron chi connectivity index (χ1n) is 12.2. The number of halogens is 2. The molecule has 0 spiro atoms. The molecule has 9 heteroatoms. The summed E-state index contributed by atoms with van der Waals surface area (Å²) in [5, 5.41) is -0.160. The second kappa shape index (κ2) is 10.9. The summed E-state index contributed by atoms with van der Waals surface area (Å²) in [7, 11) is -5.79. The van der Waals surface area contributed by atoms with Gasteiger partial charge in [-0.25, -0.2) is 8.42 Å². The van der Waals surface area contributed by atoms with E-state index in [1.165, 1.54) is 0 Å². The fourth-order valence-electron chi connectivity index (χ4n) is 4.28. The Morgan fingerprint density at radius 3 is 2.31 bits per heavy atom. The molecule has 0 N–H and O–H groups in total. The van der Waals surface area contributed by atoms with Gasteiger partial charge in [0.1, 0.15) is 10.9 Å². The van der Waals surface area contributed by atoms with Crippen molar-refractivity contribution in [3.05, 3.63) is 69.2 Å². The molecule has 198 valence electrons. The largest absolute Gasteiger partial charge is 0.472 e. The van der Waals surface area contributed by atoms with Crippen LogP contribution in [-0.4, -0.2) is 34.8 Å². The summed E-state index contributed by atoms with van der Waals surface area (Å²) in [6.45, 7) is 15.2. The lowest BCUT2D eigenvalue weighted by atomic mass is 9.92. The van der Waals surface area contributed by atoms with E-state index in [4.69, 9.17) is 20.8 Å². The molecule has 36 heavy (non-hydrogen) atoms. The quantitative estimate of drug-likeness (QED) is 0.281. The smallest absolute Gasteiger partial charge is 0.267 e. The molecule has 1 unspecified atom stereocenters. The van der Waals surface area contributed by atoms with Crippen LogP contribution < -0.4 is 0 Å². The molecule has 0 bridgehead atoms. The van der Waals surface area contributed by atoms with Crippen molar-refractivity contribution in [1.82, 2.24) is 0 Å². The summed E-state index contributed by atoms with van der Waals surface area (Å²) in [6.07, 6.45) is 0.996. The second-order valence-corrected chi connectivity index (χ2v) is 19.3. The van der Waals surface area contributed by atoms with Crippen LogP contribution in [0.2, 0.25) is 23.2 Å². The number of benzene rings is 2. The van der Waals surface area contributed by atoms with E-state index in [0.29, 0.717) is 30.0 Å². The van der Waals surface area contributed by atoms with E-state index in [-0.39, 0.29) is 16.9 Å². The summed E-state index contributed by atoms with van der Waals surface area (Å²) in [5.41, 5.74) is 0.595. The van der Waals surface area contributed by atoms with Crippen molar-refractivity contribution in [1.29, 1.82) is 0 Å². The highest BCUT2D eigenvalue weighted by Gasteiger charge is 2.47. The summed E-state index contributed by atoms with van der Waals surface area (Å²) < 4.78 is 44.6. The molecule has 0 saturated heterocycles. The minimum absolute atomic E-state index is 0.0996. The summed E-state index contributed by atoms with van der Waals surface area (Å²) in [6, 6.07) is 14.9. The van der Waals surface area contributed by atoms with Crippen molar-refractivity contribution < 1.29 is 17.6 Å². The van der Waals surface area contributed by atoms with Crippen LogP contribution in [0, 0.1) is 0 Å². The highest BCUT2D eigenvalue weighted by molar-refractivity contribution is 9.10. The second-order valence-electron chi connectivity index (χ2n) is 11.5. The predicted octanol–water partition coefficient (Wildman–Crippen LogP) is 8.27. The van der Waals surface area contributed by atoms with E-state index < -0.39 is 29.2 Å². The van der Waals surface area contributed by atoms with Crippen molar-refractivity contribution >= 4 is 51.8 Å². The lowest BCUT2D eigenvalue weighted by Crippen LogP contribution is -2.43. The molecular weight excluding hydrogens is 578 g/mol. The topological polar surface area (TPSA) is 65.0 Å². The first-order chi connectivity index (χ1) is 16.5. The Labute approximate surface area is 231 Å². The lowest BCUT2D eigenvalue weighted by molar-refractivity contribution is 0.0798. The molecule has 0 aliphatic carbocycles. The Morgan fingerprint density at radius 2 is 1.75 bits per heavy atom. The highest BCUT2D eigenvalue weighted by Crippen LogP contribution is 2.43. The Hall–Kier alpha value is -1.19. The highest BCUT2D eigenvalue weighted by atomic mass is 79.9. The van der Waals surface area contributed by atoms with Crippen LogP contribution in [-0.2, 0) is 19.2 Å². The zero-order chi connectivity index (χ0) is 26.9. The van der Waals surface area contributed by atoms with E-state index in [9.17, 15) is 8.42 Å². The zero-order valence-electron chi connectivity index (χ0n) is 22.1. The van der Waals surface area contributed by atoms with Crippen molar-refractivity contribution in [3.8, 4) is 0 Å². The van der Waals surface area contributed by atoms with E-state index in [1.807, 2.05) is 36.4 Å². The van der Waals surface area contributed by atoms with Gasteiger partial charge in [-0.2, -0.15) is 0 Å². The maximum atomic E-state index is 13.4. The van der Waals surface area contributed by atoms with Gasteiger partial charge >= 0.3 is 0 Å². The van der Waals surface area contributed by atoms with Crippen LogP contribution in [0.5, 0.6) is 0 Å². The van der Waals surface area contributed by atoms with Gasteiger partial charge in [-0.1, -0.05) is 78.6 Å². The van der Waals surface area contributed by atoms with E-state index >= 15 is 0 Å². The Kier molecular flexibility index (Phi) is 8.88. The van der Waals surface area contributed by atoms with Crippen LogP contribution in [0.3, 0.4) is 0 Å². The molecule has 0 saturated carbocycles. The van der Waals surface area contributed by atoms with Crippen LogP contribution in [0.4, 0.5) is 0 Å². The summed E-state index contributed by atoms with van der Waals surface area (Å²) in [5.74, 6) is 0.114. The fraction of sp³-hybridized carbons (Fsp3) is 0.519. The maximum Gasteiger partial charge on any atom is 0.267 e. The average molecular weight is 615 g/mol. The van der Waals surface area contributed by atoms with Crippen molar-refractivity contribution in [2.24, 2.45) is 4.40 Å². The van der Waals surface area contributed by atoms with E-state index in [0.717, 1.165) is 10.0 Å². The molecular formula is C27H37BrClNO4SSi. The van der Waals surface area contributed by atoms with Gasteiger partial charge in [-0.05, 0) is 73.6 Å². The third-order valence-corrected chi connectivity index (χ3v) is 14.5. The molecule has 1 aliphatic rings. The zero-order valence-corrected chi connectivity index (χ0v) is 26.3. The van der Waals surface area contributed by atoms with Crippen molar-refractivity contribution in [2.45, 2.75) is 82.4 Å². The Balaban J connectivity index is 1.89. The van der Waals surface area contributed by atoms with Crippen LogP contribution in [0.1, 0.15) is 69.8 Å². The third-order valence-electron chi connectivity index (χ3n) is 7.21. The minimum Gasteiger partial charge on any atom is -0.472 e. The molecule has 1 aliphatic heterocycles. The molecule has 2 atom stereocenters. The van der Waals surface area contributed by atoms with Crippen LogP contribution in [0.25, 0.3) is 0 Å². The van der Waals surface area contributed by atoms with E-state index in [2.05, 4.69) is 54.2 Å². The van der Waals surface area contributed by atoms with Crippen molar-refractivity contribution in [3.63, 3.8) is 0 Å².